The number of ether oxygens (including phenoxy) is 1. The largest absolute Gasteiger partial charge is 0.477 e. The third-order valence-electron chi connectivity index (χ3n) is 5.23. The molecular weight excluding hydrogens is 346 g/mol. The number of aromatic nitrogens is 4. The molecule has 1 fully saturated rings. The summed E-state index contributed by atoms with van der Waals surface area (Å²) in [6.45, 7) is 1.96. The molecule has 138 valence electrons. The number of carbonyl (C=O) groups excluding carboxylic acids is 1. The highest BCUT2D eigenvalue weighted by molar-refractivity contribution is 5.96. The maximum atomic E-state index is 13.2. The molecule has 1 unspecified atom stereocenters. The molecule has 2 aliphatic rings. The Morgan fingerprint density at radius 2 is 2.11 bits per heavy atom. The number of hydrogen-bond acceptors (Lipinski definition) is 5. The van der Waals surface area contributed by atoms with Crippen molar-refractivity contribution in [3.05, 3.63) is 52.2 Å². The molecule has 5 rings (SSSR count). The van der Waals surface area contributed by atoms with Gasteiger partial charge in [-0.2, -0.15) is 5.10 Å². The van der Waals surface area contributed by atoms with Crippen molar-refractivity contribution in [1.29, 1.82) is 0 Å². The smallest absolute Gasteiger partial charge is 0.261 e. The van der Waals surface area contributed by atoms with Crippen LogP contribution in [0.2, 0.25) is 0 Å². The van der Waals surface area contributed by atoms with Crippen LogP contribution < -0.4 is 10.3 Å². The monoisotopic (exact) mass is 365 g/mol. The Balaban J connectivity index is 1.51. The standard InChI is InChI=1S/C19H19N5O3/c25-17-12-5-1-2-6-14(12)21-16(22-17)15-7-3-8-23(15)18(26)13-11-20-24-9-4-10-27-19(13)24/h1-2,5-6,11,15H,3-4,7-10H2,(H,21,22,25). The summed E-state index contributed by atoms with van der Waals surface area (Å²) in [5.74, 6) is 0.944. The fraction of sp³-hybridized carbons (Fsp3) is 0.368. The van der Waals surface area contributed by atoms with Gasteiger partial charge < -0.3 is 14.6 Å². The number of aromatic amines is 1. The minimum Gasteiger partial charge on any atom is -0.477 e. The molecule has 27 heavy (non-hydrogen) atoms. The summed E-state index contributed by atoms with van der Waals surface area (Å²) in [7, 11) is 0. The fourth-order valence-electron chi connectivity index (χ4n) is 3.93. The zero-order valence-electron chi connectivity index (χ0n) is 14.7. The Morgan fingerprint density at radius 1 is 1.22 bits per heavy atom. The van der Waals surface area contributed by atoms with Crippen molar-refractivity contribution in [2.24, 2.45) is 0 Å². The van der Waals surface area contributed by atoms with Crippen LogP contribution in [-0.4, -0.2) is 43.7 Å². The summed E-state index contributed by atoms with van der Waals surface area (Å²) >= 11 is 0. The topological polar surface area (TPSA) is 93.1 Å². The number of rotatable bonds is 2. The Morgan fingerprint density at radius 3 is 3.04 bits per heavy atom. The molecule has 0 saturated carbocycles. The Hall–Kier alpha value is -3.16. The second-order valence-electron chi connectivity index (χ2n) is 6.91. The maximum absolute atomic E-state index is 13.2. The maximum Gasteiger partial charge on any atom is 0.261 e. The molecule has 1 atom stereocenters. The molecule has 1 aromatic carbocycles. The second kappa shape index (κ2) is 6.22. The molecule has 2 aliphatic heterocycles. The van der Waals surface area contributed by atoms with Crippen LogP contribution in [0.1, 0.15) is 41.5 Å². The highest BCUT2D eigenvalue weighted by atomic mass is 16.5. The first-order valence-electron chi connectivity index (χ1n) is 9.21. The van der Waals surface area contributed by atoms with Crippen LogP contribution in [0.15, 0.2) is 35.3 Å². The SMILES string of the molecule is O=C(c1cnn2c1OCCC2)N1CCCC1c1nc2ccccc2c(=O)[nH]1. The van der Waals surface area contributed by atoms with Gasteiger partial charge in [-0.15, -0.1) is 0 Å². The number of nitrogens with one attached hydrogen (secondary N) is 1. The zero-order valence-corrected chi connectivity index (χ0v) is 14.7. The lowest BCUT2D eigenvalue weighted by molar-refractivity contribution is 0.0723. The number of hydrogen-bond donors (Lipinski definition) is 1. The van der Waals surface area contributed by atoms with E-state index in [4.69, 9.17) is 4.74 Å². The van der Waals surface area contributed by atoms with Gasteiger partial charge in [0.1, 0.15) is 11.4 Å². The first-order valence-corrected chi connectivity index (χ1v) is 9.21. The molecule has 8 nitrogen and oxygen atoms in total. The van der Waals surface area contributed by atoms with Gasteiger partial charge in [-0.25, -0.2) is 9.67 Å². The predicted molar refractivity (Wildman–Crippen MR) is 97.7 cm³/mol. The third-order valence-corrected chi connectivity index (χ3v) is 5.23. The van der Waals surface area contributed by atoms with E-state index in [1.54, 1.807) is 21.8 Å². The first-order chi connectivity index (χ1) is 13.2. The fourth-order valence-corrected chi connectivity index (χ4v) is 3.93. The summed E-state index contributed by atoms with van der Waals surface area (Å²) in [5, 5.41) is 4.82. The van der Waals surface area contributed by atoms with Crippen molar-refractivity contribution in [1.82, 2.24) is 24.6 Å². The molecular formula is C19H19N5O3. The number of nitrogens with zero attached hydrogens (tertiary/aromatic N) is 4. The molecule has 0 spiro atoms. The number of H-pyrrole nitrogens is 1. The van der Waals surface area contributed by atoms with Gasteiger partial charge in [0.2, 0.25) is 5.88 Å². The molecule has 1 saturated heterocycles. The molecule has 0 radical (unpaired) electrons. The normalized spacial score (nSPS) is 19.1. The van der Waals surface area contributed by atoms with Crippen LogP contribution in [0.3, 0.4) is 0 Å². The predicted octanol–water partition coefficient (Wildman–Crippen LogP) is 1.88. The summed E-state index contributed by atoms with van der Waals surface area (Å²) in [6.07, 6.45) is 4.08. The van der Waals surface area contributed by atoms with Crippen LogP contribution in [0, 0.1) is 0 Å². The highest BCUT2D eigenvalue weighted by Gasteiger charge is 2.35. The summed E-state index contributed by atoms with van der Waals surface area (Å²) in [5.41, 5.74) is 0.938. The lowest BCUT2D eigenvalue weighted by Crippen LogP contribution is -2.33. The van der Waals surface area contributed by atoms with Gasteiger partial charge in [0.15, 0.2) is 0 Å². The first kappa shape index (κ1) is 16.0. The molecule has 2 aromatic heterocycles. The minimum absolute atomic E-state index is 0.128. The summed E-state index contributed by atoms with van der Waals surface area (Å²) in [4.78, 5) is 34.9. The van der Waals surface area contributed by atoms with E-state index in [1.807, 2.05) is 18.2 Å². The van der Waals surface area contributed by atoms with Gasteiger partial charge in [0, 0.05) is 19.5 Å². The van der Waals surface area contributed by atoms with E-state index < -0.39 is 0 Å². The lowest BCUT2D eigenvalue weighted by atomic mass is 10.1. The Bertz CT molecular complexity index is 1090. The lowest BCUT2D eigenvalue weighted by Gasteiger charge is -2.24. The Kier molecular flexibility index (Phi) is 3.70. The third kappa shape index (κ3) is 2.59. The number of aryl methyl sites for hydroxylation is 1. The van der Waals surface area contributed by atoms with E-state index in [9.17, 15) is 9.59 Å². The van der Waals surface area contributed by atoms with Crippen molar-refractivity contribution in [3.8, 4) is 5.88 Å². The number of likely N-dealkylation sites (tertiary alicyclic amines) is 1. The number of para-hydroxylation sites is 1. The molecule has 3 aromatic rings. The van der Waals surface area contributed by atoms with Crippen molar-refractivity contribution in [2.45, 2.75) is 31.8 Å². The number of carbonyl (C=O) groups is 1. The van der Waals surface area contributed by atoms with Crippen molar-refractivity contribution < 1.29 is 9.53 Å². The highest BCUT2D eigenvalue weighted by Crippen LogP contribution is 2.33. The van der Waals surface area contributed by atoms with Crippen LogP contribution in [0.5, 0.6) is 5.88 Å². The molecule has 1 N–H and O–H groups in total. The zero-order chi connectivity index (χ0) is 18.4. The van der Waals surface area contributed by atoms with Gasteiger partial charge in [-0.05, 0) is 25.0 Å². The van der Waals surface area contributed by atoms with Crippen LogP contribution in [0.25, 0.3) is 10.9 Å². The van der Waals surface area contributed by atoms with E-state index >= 15 is 0 Å². The average Bonchev–Trinajstić information content (AvgIpc) is 3.35. The second-order valence-corrected chi connectivity index (χ2v) is 6.91. The van der Waals surface area contributed by atoms with E-state index in [0.29, 0.717) is 41.3 Å². The van der Waals surface area contributed by atoms with Crippen LogP contribution in [0.4, 0.5) is 0 Å². The average molecular weight is 365 g/mol. The molecule has 0 bridgehead atoms. The minimum atomic E-state index is -0.256. The summed E-state index contributed by atoms with van der Waals surface area (Å²) in [6, 6.07) is 6.98. The van der Waals surface area contributed by atoms with Crippen LogP contribution in [-0.2, 0) is 6.54 Å². The van der Waals surface area contributed by atoms with Crippen molar-refractivity contribution >= 4 is 16.8 Å². The molecule has 8 heteroatoms. The number of benzene rings is 1. The van der Waals surface area contributed by atoms with Gasteiger partial charge in [-0.3, -0.25) is 9.59 Å². The molecule has 0 aliphatic carbocycles. The van der Waals surface area contributed by atoms with Gasteiger partial charge in [-0.1, -0.05) is 12.1 Å². The van der Waals surface area contributed by atoms with E-state index in [2.05, 4.69) is 15.1 Å². The Labute approximate surface area is 154 Å². The van der Waals surface area contributed by atoms with E-state index in [-0.39, 0.29) is 17.5 Å². The van der Waals surface area contributed by atoms with Gasteiger partial charge >= 0.3 is 0 Å². The van der Waals surface area contributed by atoms with Crippen LogP contribution >= 0.6 is 0 Å². The quantitative estimate of drug-likeness (QED) is 0.748. The van der Waals surface area contributed by atoms with E-state index in [1.165, 1.54) is 0 Å². The molecule has 1 amide bonds. The number of fused-ring (bicyclic) bond motifs is 2. The van der Waals surface area contributed by atoms with Gasteiger partial charge in [0.05, 0.1) is 29.7 Å². The number of amides is 1. The van der Waals surface area contributed by atoms with Crippen molar-refractivity contribution in [3.63, 3.8) is 0 Å². The summed E-state index contributed by atoms with van der Waals surface area (Å²) < 4.78 is 7.41. The molecule has 4 heterocycles. The van der Waals surface area contributed by atoms with E-state index in [0.717, 1.165) is 25.8 Å². The van der Waals surface area contributed by atoms with Crippen molar-refractivity contribution in [2.75, 3.05) is 13.2 Å². The van der Waals surface area contributed by atoms with Gasteiger partial charge in [0.25, 0.3) is 11.5 Å².